The van der Waals surface area contributed by atoms with E-state index in [0.29, 0.717) is 17.5 Å². The maximum Gasteiger partial charge on any atom is 0.328 e. The summed E-state index contributed by atoms with van der Waals surface area (Å²) in [5.74, 6) is -9.33. The number of nitrogens with one attached hydrogen (secondary N) is 6. The van der Waals surface area contributed by atoms with E-state index >= 15 is 0 Å². The molecule has 13 N–H and O–H groups in total. The summed E-state index contributed by atoms with van der Waals surface area (Å²) in [5, 5.41) is 41.8. The minimum Gasteiger partial charge on any atom is -0.481 e. The molecule has 1 aromatic heterocycles. The number of aromatic amines is 1. The Kier molecular flexibility index (Phi) is 16.7. The quantitative estimate of drug-likeness (QED) is 0.0558. The minimum absolute atomic E-state index is 0.106. The Labute approximate surface area is 327 Å². The number of hydrogen-bond donors (Lipinski definition) is 11. The molecular weight excluding hydrogens is 744 g/mol. The molecule has 2 aromatic carbocycles. The number of carbonyl (C=O) groups is 8. The topological polar surface area (TPSA) is 325 Å². The van der Waals surface area contributed by atoms with E-state index in [2.05, 4.69) is 31.6 Å². The van der Waals surface area contributed by atoms with Gasteiger partial charge in [-0.25, -0.2) is 4.79 Å². The largest absolute Gasteiger partial charge is 0.481 e. The van der Waals surface area contributed by atoms with Crippen LogP contribution in [0.1, 0.15) is 51.2 Å². The highest BCUT2D eigenvalue weighted by atomic mass is 16.4. The lowest BCUT2D eigenvalue weighted by Gasteiger charge is -2.29. The van der Waals surface area contributed by atoms with E-state index in [9.17, 15) is 53.7 Å². The number of aliphatic carboxylic acids is 2. The second-order valence-corrected chi connectivity index (χ2v) is 13.7. The number of aromatic nitrogens is 1. The molecule has 0 saturated heterocycles. The molecule has 308 valence electrons. The third kappa shape index (κ3) is 13.4. The van der Waals surface area contributed by atoms with Gasteiger partial charge in [-0.05, 0) is 30.0 Å². The predicted molar refractivity (Wildman–Crippen MR) is 205 cm³/mol. The molecule has 6 amide bonds. The standard InChI is InChI=1S/C38H50N8O11/c1-4-19(2)31(37(55)46-32(20(3)47)38(56)57)45-36(54)28(17-30(49)50)44-34(52)26(14-21-10-6-5-7-11-21)43-35(53)27(42-33(51)24(39)16-29(40)48)15-22-18-41-25-13-9-8-12-23(22)25/h5-13,18-20,24,26-28,31-32,41,47H,4,14-17,39H2,1-3H3,(H2,40,48)(H,42,51)(H,43,53)(H,44,52)(H,45,54)(H,46,55)(H,49,50)(H,56,57)/t19-,20+,24-,26-,27-,28-,31-,32-/m0/s1. The zero-order chi connectivity index (χ0) is 42.4. The summed E-state index contributed by atoms with van der Waals surface area (Å²) >= 11 is 0. The summed E-state index contributed by atoms with van der Waals surface area (Å²) in [6, 6.07) is 6.41. The molecule has 0 aliphatic heterocycles. The van der Waals surface area contributed by atoms with Gasteiger partial charge in [-0.15, -0.1) is 0 Å². The lowest BCUT2D eigenvalue weighted by Crippen LogP contribution is -2.61. The molecule has 1 heterocycles. The summed E-state index contributed by atoms with van der Waals surface area (Å²) in [7, 11) is 0. The predicted octanol–water partition coefficient (Wildman–Crippen LogP) is -1.43. The number of amides is 6. The van der Waals surface area contributed by atoms with Crippen molar-refractivity contribution in [2.45, 2.75) is 95.2 Å². The van der Waals surface area contributed by atoms with Crippen LogP contribution in [0.15, 0.2) is 60.8 Å². The van der Waals surface area contributed by atoms with Crippen molar-refractivity contribution >= 4 is 58.3 Å². The molecule has 8 atom stereocenters. The molecule has 0 aliphatic rings. The van der Waals surface area contributed by atoms with Crippen LogP contribution in [0.5, 0.6) is 0 Å². The number of carbonyl (C=O) groups excluding carboxylic acids is 6. The first-order valence-electron chi connectivity index (χ1n) is 18.2. The number of benzene rings is 2. The number of nitrogens with two attached hydrogens (primary N) is 2. The smallest absolute Gasteiger partial charge is 0.328 e. The van der Waals surface area contributed by atoms with Crippen molar-refractivity contribution in [3.63, 3.8) is 0 Å². The van der Waals surface area contributed by atoms with E-state index in [1.807, 2.05) is 0 Å². The summed E-state index contributed by atoms with van der Waals surface area (Å²) in [5.41, 5.74) is 13.0. The lowest BCUT2D eigenvalue weighted by atomic mass is 9.97. The van der Waals surface area contributed by atoms with Crippen LogP contribution < -0.4 is 38.1 Å². The number of fused-ring (bicyclic) bond motifs is 1. The third-order valence-electron chi connectivity index (χ3n) is 9.26. The average molecular weight is 795 g/mol. The molecule has 3 aromatic rings. The second kappa shape index (κ2) is 21.1. The van der Waals surface area contributed by atoms with Crippen LogP contribution in [0.25, 0.3) is 10.9 Å². The zero-order valence-electron chi connectivity index (χ0n) is 31.7. The van der Waals surface area contributed by atoms with E-state index in [1.165, 1.54) is 0 Å². The van der Waals surface area contributed by atoms with Gasteiger partial charge in [-0.2, -0.15) is 0 Å². The molecule has 19 heteroatoms. The van der Waals surface area contributed by atoms with Crippen LogP contribution in [0.3, 0.4) is 0 Å². The van der Waals surface area contributed by atoms with Gasteiger partial charge in [-0.3, -0.25) is 33.6 Å². The molecule has 0 bridgehead atoms. The summed E-state index contributed by atoms with van der Waals surface area (Å²) in [4.78, 5) is 106. The van der Waals surface area contributed by atoms with Crippen LogP contribution in [-0.2, 0) is 51.2 Å². The van der Waals surface area contributed by atoms with Crippen molar-refractivity contribution in [3.8, 4) is 0 Å². The number of H-pyrrole nitrogens is 1. The first-order chi connectivity index (χ1) is 26.9. The van der Waals surface area contributed by atoms with Gasteiger partial charge in [0.2, 0.25) is 35.4 Å². The zero-order valence-corrected chi connectivity index (χ0v) is 31.7. The normalized spacial score (nSPS) is 15.3. The maximum atomic E-state index is 14.1. The number of hydrogen-bond acceptors (Lipinski definition) is 10. The molecule has 0 radical (unpaired) electrons. The molecule has 0 spiro atoms. The van der Waals surface area contributed by atoms with Crippen LogP contribution in [0.2, 0.25) is 0 Å². The van der Waals surface area contributed by atoms with Crippen molar-refractivity contribution in [3.05, 3.63) is 71.9 Å². The monoisotopic (exact) mass is 794 g/mol. The Morgan fingerprint density at radius 3 is 1.81 bits per heavy atom. The molecule has 3 rings (SSSR count). The van der Waals surface area contributed by atoms with Gasteiger partial charge in [0.15, 0.2) is 6.04 Å². The lowest BCUT2D eigenvalue weighted by molar-refractivity contribution is -0.146. The number of carboxylic acid groups (broad SMARTS) is 2. The Hall–Kier alpha value is -6.34. The molecule has 0 fully saturated rings. The Morgan fingerprint density at radius 1 is 0.684 bits per heavy atom. The molecular formula is C38H50N8O11. The minimum atomic E-state index is -1.80. The van der Waals surface area contributed by atoms with Gasteiger partial charge < -0.3 is 58.4 Å². The van der Waals surface area contributed by atoms with Gasteiger partial charge in [0.25, 0.3) is 0 Å². The van der Waals surface area contributed by atoms with Crippen molar-refractivity contribution in [1.82, 2.24) is 31.6 Å². The number of rotatable bonds is 22. The molecule has 0 unspecified atom stereocenters. The van der Waals surface area contributed by atoms with Gasteiger partial charge >= 0.3 is 11.9 Å². The number of aliphatic hydroxyl groups is 1. The van der Waals surface area contributed by atoms with Crippen molar-refractivity contribution < 1.29 is 53.7 Å². The molecule has 19 nitrogen and oxygen atoms in total. The van der Waals surface area contributed by atoms with Crippen molar-refractivity contribution in [2.24, 2.45) is 17.4 Å². The summed E-state index contributed by atoms with van der Waals surface area (Å²) in [6.07, 6.45) is -1.30. The fraction of sp³-hybridized carbons (Fsp3) is 0.421. The maximum absolute atomic E-state index is 14.1. The van der Waals surface area contributed by atoms with E-state index in [1.54, 1.807) is 74.6 Å². The van der Waals surface area contributed by atoms with E-state index in [-0.39, 0.29) is 12.8 Å². The van der Waals surface area contributed by atoms with Crippen LogP contribution in [-0.4, -0.2) is 110 Å². The first kappa shape index (κ1) is 45.1. The molecule has 0 aliphatic carbocycles. The van der Waals surface area contributed by atoms with Crippen LogP contribution in [0.4, 0.5) is 0 Å². The average Bonchev–Trinajstić information content (AvgIpc) is 3.56. The number of carboxylic acids is 2. The Morgan fingerprint density at radius 2 is 1.23 bits per heavy atom. The SMILES string of the molecule is CC[C@H](C)[C@H](NC(=O)[C@H](CC(=O)O)NC(=O)[C@H](Cc1ccccc1)NC(=O)[C@H](Cc1c[nH]c2ccccc12)NC(=O)[C@@H](N)CC(N)=O)C(=O)N[C@H](C(=O)O)[C@@H](C)O. The van der Waals surface area contributed by atoms with E-state index in [0.717, 1.165) is 17.8 Å². The van der Waals surface area contributed by atoms with E-state index in [4.69, 9.17) is 11.5 Å². The van der Waals surface area contributed by atoms with Crippen LogP contribution in [0, 0.1) is 5.92 Å². The number of para-hydroxylation sites is 1. The highest BCUT2D eigenvalue weighted by Crippen LogP contribution is 2.20. The fourth-order valence-electron chi connectivity index (χ4n) is 5.89. The molecule has 0 saturated carbocycles. The van der Waals surface area contributed by atoms with Gasteiger partial charge in [0.1, 0.15) is 24.2 Å². The third-order valence-corrected chi connectivity index (χ3v) is 9.26. The van der Waals surface area contributed by atoms with Gasteiger partial charge in [0.05, 0.1) is 25.0 Å². The Balaban J connectivity index is 1.94. The Bertz CT molecular complexity index is 1920. The highest BCUT2D eigenvalue weighted by molar-refractivity contribution is 5.98. The van der Waals surface area contributed by atoms with Crippen molar-refractivity contribution in [1.29, 1.82) is 0 Å². The second-order valence-electron chi connectivity index (χ2n) is 13.7. The van der Waals surface area contributed by atoms with Gasteiger partial charge in [0, 0.05) is 29.9 Å². The summed E-state index contributed by atoms with van der Waals surface area (Å²) < 4.78 is 0. The van der Waals surface area contributed by atoms with Gasteiger partial charge in [-0.1, -0.05) is 68.8 Å². The number of primary amides is 1. The van der Waals surface area contributed by atoms with Crippen LogP contribution >= 0.6 is 0 Å². The van der Waals surface area contributed by atoms with E-state index < -0.39 is 108 Å². The molecule has 57 heavy (non-hydrogen) atoms. The number of aliphatic hydroxyl groups excluding tert-OH is 1. The first-order valence-corrected chi connectivity index (χ1v) is 18.2. The fourth-order valence-corrected chi connectivity index (χ4v) is 5.89. The summed E-state index contributed by atoms with van der Waals surface area (Å²) in [6.45, 7) is 4.41. The van der Waals surface area contributed by atoms with Crippen molar-refractivity contribution in [2.75, 3.05) is 0 Å². The highest BCUT2D eigenvalue weighted by Gasteiger charge is 2.36.